The van der Waals surface area contributed by atoms with Gasteiger partial charge in [0.05, 0.1) is 30.2 Å². The molecule has 2 aromatic carbocycles. The summed E-state index contributed by atoms with van der Waals surface area (Å²) in [6.07, 6.45) is 1.76. The number of methoxy groups -OCH3 is 1. The largest absolute Gasteiger partial charge is 0.493 e. The van der Waals surface area contributed by atoms with E-state index in [1.165, 1.54) is 6.07 Å². The van der Waals surface area contributed by atoms with Crippen molar-refractivity contribution in [1.29, 1.82) is 0 Å². The van der Waals surface area contributed by atoms with Crippen molar-refractivity contribution in [2.45, 2.75) is 38.0 Å². The standard InChI is InChI=1S/C25H22F3N3O2/c1-32-22-10-9-17(14-23(22)33-19-7-2-3-8-19)21-11-12-29-24-15-20(30-31(21)24)16-5-4-6-18(13-16)25(26,27)28/h4-6,9-15,19H,2-3,7-8H2,1H3. The van der Waals surface area contributed by atoms with Crippen molar-refractivity contribution in [3.63, 3.8) is 0 Å². The fourth-order valence-electron chi connectivity index (χ4n) is 4.22. The minimum absolute atomic E-state index is 0.170. The summed E-state index contributed by atoms with van der Waals surface area (Å²) in [5, 5.41) is 4.57. The van der Waals surface area contributed by atoms with E-state index >= 15 is 0 Å². The Kier molecular flexibility index (Phi) is 5.44. The quantitative estimate of drug-likeness (QED) is 0.350. The molecule has 1 aliphatic rings. The second kappa shape index (κ2) is 8.42. The number of ether oxygens (including phenoxy) is 2. The topological polar surface area (TPSA) is 48.7 Å². The van der Waals surface area contributed by atoms with Gasteiger partial charge in [0, 0.05) is 23.4 Å². The van der Waals surface area contributed by atoms with Gasteiger partial charge < -0.3 is 9.47 Å². The minimum atomic E-state index is -4.42. The summed E-state index contributed by atoms with van der Waals surface area (Å²) in [4.78, 5) is 4.35. The SMILES string of the molecule is COc1ccc(-c2ccnc3cc(-c4cccc(C(F)(F)F)c4)nn23)cc1OC1CCCC1. The number of benzene rings is 2. The van der Waals surface area contributed by atoms with Gasteiger partial charge in [-0.2, -0.15) is 18.3 Å². The Morgan fingerprint density at radius 1 is 0.939 bits per heavy atom. The predicted molar refractivity (Wildman–Crippen MR) is 118 cm³/mol. The van der Waals surface area contributed by atoms with Gasteiger partial charge in [-0.05, 0) is 62.1 Å². The number of hydrogen-bond donors (Lipinski definition) is 0. The van der Waals surface area contributed by atoms with Crippen molar-refractivity contribution < 1.29 is 22.6 Å². The lowest BCUT2D eigenvalue weighted by molar-refractivity contribution is -0.137. The van der Waals surface area contributed by atoms with Crippen LogP contribution in [0, 0.1) is 0 Å². The summed E-state index contributed by atoms with van der Waals surface area (Å²) in [6, 6.07) is 14.3. The molecule has 170 valence electrons. The molecule has 2 aromatic heterocycles. The zero-order valence-corrected chi connectivity index (χ0v) is 18.0. The molecule has 33 heavy (non-hydrogen) atoms. The van der Waals surface area contributed by atoms with Crippen molar-refractivity contribution in [2.24, 2.45) is 0 Å². The lowest BCUT2D eigenvalue weighted by Crippen LogP contribution is -2.11. The molecule has 5 rings (SSSR count). The van der Waals surface area contributed by atoms with E-state index in [4.69, 9.17) is 9.47 Å². The van der Waals surface area contributed by atoms with Crippen LogP contribution in [-0.2, 0) is 6.18 Å². The van der Waals surface area contributed by atoms with Crippen LogP contribution in [-0.4, -0.2) is 27.8 Å². The molecule has 0 spiro atoms. The number of rotatable bonds is 5. The molecule has 1 saturated carbocycles. The summed E-state index contributed by atoms with van der Waals surface area (Å²) < 4.78 is 52.8. The van der Waals surface area contributed by atoms with Gasteiger partial charge in [0.1, 0.15) is 0 Å². The molecule has 0 radical (unpaired) electrons. The maximum Gasteiger partial charge on any atom is 0.416 e. The van der Waals surface area contributed by atoms with E-state index in [0.717, 1.165) is 49.1 Å². The first-order valence-corrected chi connectivity index (χ1v) is 10.8. The monoisotopic (exact) mass is 453 g/mol. The van der Waals surface area contributed by atoms with Gasteiger partial charge in [0.25, 0.3) is 0 Å². The lowest BCUT2D eigenvalue weighted by atomic mass is 10.1. The summed E-state index contributed by atoms with van der Waals surface area (Å²) in [6.45, 7) is 0. The third kappa shape index (κ3) is 4.25. The molecular weight excluding hydrogens is 431 g/mol. The highest BCUT2D eigenvalue weighted by Gasteiger charge is 2.30. The number of aromatic nitrogens is 3. The van der Waals surface area contributed by atoms with E-state index in [2.05, 4.69) is 10.1 Å². The Labute approximate surface area is 188 Å². The Bertz CT molecular complexity index is 1290. The Balaban J connectivity index is 1.55. The second-order valence-corrected chi connectivity index (χ2v) is 8.10. The smallest absolute Gasteiger partial charge is 0.416 e. The van der Waals surface area contributed by atoms with E-state index in [1.54, 1.807) is 30.0 Å². The molecule has 0 atom stereocenters. The third-order valence-corrected chi connectivity index (χ3v) is 5.90. The molecule has 0 amide bonds. The van der Waals surface area contributed by atoms with Gasteiger partial charge in [-0.3, -0.25) is 0 Å². The van der Waals surface area contributed by atoms with Crippen LogP contribution in [0.5, 0.6) is 11.5 Å². The predicted octanol–water partition coefficient (Wildman–Crippen LogP) is 6.41. The Hall–Kier alpha value is -3.55. The molecule has 1 aliphatic carbocycles. The van der Waals surface area contributed by atoms with Gasteiger partial charge >= 0.3 is 6.18 Å². The summed E-state index contributed by atoms with van der Waals surface area (Å²) in [7, 11) is 1.61. The number of nitrogens with zero attached hydrogens (tertiary/aromatic N) is 3. The summed E-state index contributed by atoms with van der Waals surface area (Å²) in [5.74, 6) is 1.32. The van der Waals surface area contributed by atoms with E-state index in [-0.39, 0.29) is 6.10 Å². The van der Waals surface area contributed by atoms with Crippen LogP contribution >= 0.6 is 0 Å². The van der Waals surface area contributed by atoms with Crippen molar-refractivity contribution in [3.05, 3.63) is 66.4 Å². The third-order valence-electron chi connectivity index (χ3n) is 5.90. The van der Waals surface area contributed by atoms with Gasteiger partial charge in [0.2, 0.25) is 0 Å². The Morgan fingerprint density at radius 2 is 1.76 bits per heavy atom. The van der Waals surface area contributed by atoms with E-state index < -0.39 is 11.7 Å². The van der Waals surface area contributed by atoms with Crippen LogP contribution in [0.3, 0.4) is 0 Å². The highest BCUT2D eigenvalue weighted by Crippen LogP contribution is 2.36. The van der Waals surface area contributed by atoms with Crippen LogP contribution in [0.4, 0.5) is 13.2 Å². The van der Waals surface area contributed by atoms with E-state index in [0.29, 0.717) is 28.4 Å². The van der Waals surface area contributed by atoms with Gasteiger partial charge in [-0.25, -0.2) is 9.50 Å². The fraction of sp³-hybridized carbons (Fsp3) is 0.280. The molecule has 2 heterocycles. The van der Waals surface area contributed by atoms with Crippen molar-refractivity contribution in [1.82, 2.24) is 14.6 Å². The van der Waals surface area contributed by atoms with Crippen LogP contribution < -0.4 is 9.47 Å². The lowest BCUT2D eigenvalue weighted by Gasteiger charge is -2.17. The number of halogens is 3. The molecule has 8 heteroatoms. The molecular formula is C25H22F3N3O2. The zero-order chi connectivity index (χ0) is 23.0. The van der Waals surface area contributed by atoms with Crippen LogP contribution in [0.25, 0.3) is 28.2 Å². The fourth-order valence-corrected chi connectivity index (χ4v) is 4.22. The first-order valence-electron chi connectivity index (χ1n) is 10.8. The normalized spacial score (nSPS) is 14.7. The maximum atomic E-state index is 13.2. The highest BCUT2D eigenvalue weighted by atomic mass is 19.4. The average molecular weight is 453 g/mol. The van der Waals surface area contributed by atoms with Crippen LogP contribution in [0.15, 0.2) is 60.8 Å². The number of fused-ring (bicyclic) bond motifs is 1. The summed E-state index contributed by atoms with van der Waals surface area (Å²) in [5.41, 5.74) is 2.20. The molecule has 4 aromatic rings. The Morgan fingerprint density at radius 3 is 2.52 bits per heavy atom. The zero-order valence-electron chi connectivity index (χ0n) is 18.0. The van der Waals surface area contributed by atoms with Gasteiger partial charge in [-0.1, -0.05) is 12.1 Å². The van der Waals surface area contributed by atoms with Crippen molar-refractivity contribution >= 4 is 5.65 Å². The van der Waals surface area contributed by atoms with Crippen LogP contribution in [0.2, 0.25) is 0 Å². The molecule has 0 bridgehead atoms. The molecule has 0 unspecified atom stereocenters. The number of alkyl halides is 3. The summed E-state index contributed by atoms with van der Waals surface area (Å²) >= 11 is 0. The maximum absolute atomic E-state index is 13.2. The van der Waals surface area contributed by atoms with E-state index in [1.807, 2.05) is 24.3 Å². The molecule has 5 nitrogen and oxygen atoms in total. The van der Waals surface area contributed by atoms with Gasteiger partial charge in [0.15, 0.2) is 17.1 Å². The van der Waals surface area contributed by atoms with Gasteiger partial charge in [-0.15, -0.1) is 0 Å². The molecule has 0 N–H and O–H groups in total. The van der Waals surface area contributed by atoms with Crippen molar-refractivity contribution in [2.75, 3.05) is 7.11 Å². The number of hydrogen-bond acceptors (Lipinski definition) is 4. The molecule has 0 saturated heterocycles. The molecule has 1 fully saturated rings. The van der Waals surface area contributed by atoms with Crippen molar-refractivity contribution in [3.8, 4) is 34.0 Å². The second-order valence-electron chi connectivity index (χ2n) is 8.10. The van der Waals surface area contributed by atoms with E-state index in [9.17, 15) is 13.2 Å². The first kappa shape index (κ1) is 21.3. The highest BCUT2D eigenvalue weighted by molar-refractivity contribution is 5.70. The first-order chi connectivity index (χ1) is 15.9. The van der Waals surface area contributed by atoms with Crippen LogP contribution in [0.1, 0.15) is 31.2 Å². The minimum Gasteiger partial charge on any atom is -0.493 e. The average Bonchev–Trinajstić information content (AvgIpc) is 3.48. The molecule has 0 aliphatic heterocycles.